The van der Waals surface area contributed by atoms with Crippen LogP contribution in [-0.2, 0) is 21.4 Å². The number of nitrogens with one attached hydrogen (secondary N) is 1. The fourth-order valence-electron chi connectivity index (χ4n) is 3.95. The molecule has 1 atom stereocenters. The molecule has 2 fully saturated rings. The first-order valence-electron chi connectivity index (χ1n) is 9.71. The lowest BCUT2D eigenvalue weighted by atomic mass is 9.96. The molecule has 2 aromatic rings. The van der Waals surface area contributed by atoms with Gasteiger partial charge < -0.3 is 4.74 Å². The van der Waals surface area contributed by atoms with E-state index in [0.717, 1.165) is 12.8 Å². The van der Waals surface area contributed by atoms with Crippen LogP contribution in [0.1, 0.15) is 18.7 Å². The molecule has 0 bridgehead atoms. The molecule has 2 aliphatic rings. The maximum Gasteiger partial charge on any atom is 0.348 e. The van der Waals surface area contributed by atoms with Crippen molar-refractivity contribution in [3.05, 3.63) is 46.4 Å². The lowest BCUT2D eigenvalue weighted by Gasteiger charge is -2.36. The van der Waals surface area contributed by atoms with Crippen LogP contribution >= 0.6 is 0 Å². The van der Waals surface area contributed by atoms with Crippen LogP contribution in [0.15, 0.2) is 29.1 Å². The topological polar surface area (TPSA) is 101 Å². The van der Waals surface area contributed by atoms with Crippen molar-refractivity contribution in [2.45, 2.75) is 19.3 Å². The molecule has 0 spiro atoms. The summed E-state index contributed by atoms with van der Waals surface area (Å²) in [5, 5.41) is 6.45. The van der Waals surface area contributed by atoms with Crippen molar-refractivity contribution in [1.29, 1.82) is 0 Å². The molecule has 1 unspecified atom stereocenters. The van der Waals surface area contributed by atoms with Crippen LogP contribution in [0.25, 0.3) is 5.69 Å². The Morgan fingerprint density at radius 1 is 1.17 bits per heavy atom. The van der Waals surface area contributed by atoms with Gasteiger partial charge in [-0.2, -0.15) is 22.1 Å². The molecule has 4 rings (SSSR count). The zero-order chi connectivity index (χ0) is 20.4. The largest absolute Gasteiger partial charge is 0.379 e. The minimum atomic E-state index is -3.54. The highest BCUT2D eigenvalue weighted by molar-refractivity contribution is 7.86. The highest BCUT2D eigenvalue weighted by atomic mass is 32.2. The molecular formula is C18H24FN5O4S. The number of piperidine rings is 1. The van der Waals surface area contributed by atoms with Crippen molar-refractivity contribution in [1.82, 2.24) is 23.4 Å². The van der Waals surface area contributed by atoms with Gasteiger partial charge in [0, 0.05) is 32.6 Å². The Bertz CT molecular complexity index is 1020. The number of aromatic amines is 1. The van der Waals surface area contributed by atoms with E-state index < -0.39 is 21.7 Å². The fraction of sp³-hybridized carbons (Fsp3) is 0.556. The van der Waals surface area contributed by atoms with Crippen molar-refractivity contribution < 1.29 is 17.5 Å². The molecule has 2 aliphatic heterocycles. The Morgan fingerprint density at radius 2 is 1.93 bits per heavy atom. The molecule has 1 aromatic heterocycles. The third-order valence-electron chi connectivity index (χ3n) is 5.41. The number of morpholine rings is 1. The first kappa shape index (κ1) is 20.2. The summed E-state index contributed by atoms with van der Waals surface area (Å²) in [6.45, 7) is 2.33. The fourth-order valence-corrected chi connectivity index (χ4v) is 5.65. The Kier molecular flexibility index (Phi) is 5.81. The molecule has 0 aliphatic carbocycles. The van der Waals surface area contributed by atoms with Gasteiger partial charge in [0.1, 0.15) is 11.6 Å². The van der Waals surface area contributed by atoms with Crippen LogP contribution in [0.2, 0.25) is 0 Å². The SMILES string of the molecule is O=c1[nH]nc(CC2CCCN(S(=O)(=O)N3CCOCC3)C2)n1-c1ccccc1F. The molecule has 0 amide bonds. The second kappa shape index (κ2) is 8.34. The number of para-hydroxylation sites is 1. The highest BCUT2D eigenvalue weighted by Crippen LogP contribution is 2.25. The van der Waals surface area contributed by atoms with Gasteiger partial charge in [0.15, 0.2) is 0 Å². The molecule has 3 heterocycles. The van der Waals surface area contributed by atoms with E-state index in [9.17, 15) is 17.6 Å². The van der Waals surface area contributed by atoms with Crippen LogP contribution in [0.3, 0.4) is 0 Å². The van der Waals surface area contributed by atoms with Gasteiger partial charge in [0.25, 0.3) is 10.2 Å². The van der Waals surface area contributed by atoms with E-state index in [0.29, 0.717) is 51.6 Å². The summed E-state index contributed by atoms with van der Waals surface area (Å²) >= 11 is 0. The molecule has 9 nitrogen and oxygen atoms in total. The molecule has 0 saturated carbocycles. The molecule has 1 aromatic carbocycles. The van der Waals surface area contributed by atoms with Gasteiger partial charge in [-0.05, 0) is 30.9 Å². The van der Waals surface area contributed by atoms with Gasteiger partial charge in [0.05, 0.1) is 18.9 Å². The third kappa shape index (κ3) is 4.13. The number of hydrogen-bond acceptors (Lipinski definition) is 5. The number of hydrogen-bond donors (Lipinski definition) is 1. The Balaban J connectivity index is 1.52. The number of nitrogens with zero attached hydrogens (tertiary/aromatic N) is 4. The number of ether oxygens (including phenoxy) is 1. The van der Waals surface area contributed by atoms with Crippen molar-refractivity contribution in [3.63, 3.8) is 0 Å². The van der Waals surface area contributed by atoms with Gasteiger partial charge in [0.2, 0.25) is 0 Å². The average molecular weight is 425 g/mol. The summed E-state index contributed by atoms with van der Waals surface area (Å²) in [5.41, 5.74) is -0.381. The zero-order valence-corrected chi connectivity index (χ0v) is 16.8. The van der Waals surface area contributed by atoms with Crippen LogP contribution in [0, 0.1) is 11.7 Å². The minimum Gasteiger partial charge on any atom is -0.379 e. The number of H-pyrrole nitrogens is 1. The average Bonchev–Trinajstić information content (AvgIpc) is 3.09. The van der Waals surface area contributed by atoms with E-state index in [-0.39, 0.29) is 11.6 Å². The third-order valence-corrected chi connectivity index (χ3v) is 7.41. The number of halogens is 1. The maximum atomic E-state index is 14.2. The first-order chi connectivity index (χ1) is 14.0. The molecule has 158 valence electrons. The number of benzene rings is 1. The molecule has 0 radical (unpaired) electrons. The normalized spacial score (nSPS) is 22.0. The lowest BCUT2D eigenvalue weighted by molar-refractivity contribution is 0.0690. The summed E-state index contributed by atoms with van der Waals surface area (Å²) in [6, 6.07) is 6.01. The molecule has 11 heteroatoms. The van der Waals surface area contributed by atoms with Gasteiger partial charge in [-0.1, -0.05) is 12.1 Å². The molecule has 1 N–H and O–H groups in total. The van der Waals surface area contributed by atoms with Crippen molar-refractivity contribution >= 4 is 10.2 Å². The quantitative estimate of drug-likeness (QED) is 0.753. The summed E-state index contributed by atoms with van der Waals surface area (Å²) < 4.78 is 49.5. The van der Waals surface area contributed by atoms with E-state index in [2.05, 4.69) is 10.2 Å². The predicted octanol–water partition coefficient (Wildman–Crippen LogP) is 0.531. The van der Waals surface area contributed by atoms with E-state index in [1.54, 1.807) is 12.1 Å². The van der Waals surface area contributed by atoms with Gasteiger partial charge in [-0.15, -0.1) is 0 Å². The van der Waals surface area contributed by atoms with Crippen LogP contribution in [-0.4, -0.2) is 71.2 Å². The summed E-state index contributed by atoms with van der Waals surface area (Å²) in [7, 11) is -3.54. The van der Waals surface area contributed by atoms with Gasteiger partial charge in [-0.25, -0.2) is 18.9 Å². The smallest absolute Gasteiger partial charge is 0.348 e. The summed E-state index contributed by atoms with van der Waals surface area (Å²) in [6.07, 6.45) is 1.91. The van der Waals surface area contributed by atoms with E-state index in [1.807, 2.05) is 0 Å². The van der Waals surface area contributed by atoms with Crippen molar-refractivity contribution in [3.8, 4) is 5.69 Å². The lowest BCUT2D eigenvalue weighted by Crippen LogP contribution is -2.51. The maximum absolute atomic E-state index is 14.2. The van der Waals surface area contributed by atoms with Crippen LogP contribution in [0.5, 0.6) is 0 Å². The summed E-state index contributed by atoms with van der Waals surface area (Å²) in [5.74, 6) is -0.131. The van der Waals surface area contributed by atoms with Crippen molar-refractivity contribution in [2.75, 3.05) is 39.4 Å². The summed E-state index contributed by atoms with van der Waals surface area (Å²) in [4.78, 5) is 12.2. The van der Waals surface area contributed by atoms with E-state index >= 15 is 0 Å². The van der Waals surface area contributed by atoms with Crippen molar-refractivity contribution in [2.24, 2.45) is 5.92 Å². The second-order valence-electron chi connectivity index (χ2n) is 7.32. The predicted molar refractivity (Wildman–Crippen MR) is 103 cm³/mol. The number of rotatable bonds is 5. The van der Waals surface area contributed by atoms with Crippen LogP contribution < -0.4 is 5.69 Å². The van der Waals surface area contributed by atoms with E-state index in [4.69, 9.17) is 4.74 Å². The Morgan fingerprint density at radius 3 is 2.69 bits per heavy atom. The monoisotopic (exact) mass is 425 g/mol. The van der Waals surface area contributed by atoms with Gasteiger partial charge in [-0.3, -0.25) is 0 Å². The zero-order valence-electron chi connectivity index (χ0n) is 16.0. The molecule has 2 saturated heterocycles. The highest BCUT2D eigenvalue weighted by Gasteiger charge is 2.35. The van der Waals surface area contributed by atoms with Crippen LogP contribution in [0.4, 0.5) is 4.39 Å². The molecule has 29 heavy (non-hydrogen) atoms. The molecular weight excluding hydrogens is 401 g/mol. The minimum absolute atomic E-state index is 0.0136. The van der Waals surface area contributed by atoms with Gasteiger partial charge >= 0.3 is 5.69 Å². The Labute approximate surface area is 168 Å². The first-order valence-corrected chi connectivity index (χ1v) is 11.1. The second-order valence-corrected chi connectivity index (χ2v) is 9.25. The number of aromatic nitrogens is 3. The standard InChI is InChI=1S/C18H24FN5O4S/c19-15-5-1-2-6-16(15)24-17(20-21-18(24)25)12-14-4-3-7-23(13-14)29(26,27)22-8-10-28-11-9-22/h1-2,5-6,14H,3-4,7-13H2,(H,21,25). The van der Waals surface area contributed by atoms with E-state index in [1.165, 1.54) is 25.3 Å². The Hall–Kier alpha value is -2.08.